The molecule has 2 heterocycles. The first-order valence-corrected chi connectivity index (χ1v) is 8.50. The number of benzene rings is 1. The van der Waals surface area contributed by atoms with Gasteiger partial charge in [0.15, 0.2) is 0 Å². The number of rotatable bonds is 2. The first kappa shape index (κ1) is 15.5. The van der Waals surface area contributed by atoms with Crippen molar-refractivity contribution >= 4 is 28.4 Å². The summed E-state index contributed by atoms with van der Waals surface area (Å²) in [7, 11) is 0. The number of fused-ring (bicyclic) bond motifs is 2. The van der Waals surface area contributed by atoms with Gasteiger partial charge in [0.25, 0.3) is 0 Å². The van der Waals surface area contributed by atoms with Gasteiger partial charge in [-0.2, -0.15) is 13.2 Å². The molecule has 22 heavy (non-hydrogen) atoms. The zero-order chi connectivity index (χ0) is 15.9. The molecule has 1 unspecified atom stereocenters. The summed E-state index contributed by atoms with van der Waals surface area (Å²) in [4.78, 5) is 4.35. The SMILES string of the molecule is CCC1CCNc2cc3nc(SC)cc(C(F)(F)F)c3cc21. The van der Waals surface area contributed by atoms with Crippen molar-refractivity contribution in [2.24, 2.45) is 0 Å². The third-order valence-electron chi connectivity index (χ3n) is 4.21. The lowest BCUT2D eigenvalue weighted by atomic mass is 9.87. The average molecular weight is 326 g/mol. The molecule has 1 aromatic carbocycles. The van der Waals surface area contributed by atoms with E-state index in [0.717, 1.165) is 36.7 Å². The second kappa shape index (κ2) is 5.65. The number of alkyl halides is 3. The second-order valence-corrected chi connectivity index (χ2v) is 6.31. The molecule has 118 valence electrons. The van der Waals surface area contributed by atoms with E-state index in [1.54, 1.807) is 18.4 Å². The third kappa shape index (κ3) is 2.64. The van der Waals surface area contributed by atoms with Gasteiger partial charge in [-0.1, -0.05) is 6.92 Å². The summed E-state index contributed by atoms with van der Waals surface area (Å²) in [5.74, 6) is 0.307. The largest absolute Gasteiger partial charge is 0.417 e. The molecule has 0 bridgehead atoms. The minimum atomic E-state index is -4.37. The van der Waals surface area contributed by atoms with Crippen molar-refractivity contribution in [1.29, 1.82) is 0 Å². The fraction of sp³-hybridized carbons (Fsp3) is 0.438. The maximum absolute atomic E-state index is 13.4. The Balaban J connectivity index is 2.30. The standard InChI is InChI=1S/C16H17F3N2S/c1-3-9-4-5-20-13-8-14-11(6-10(9)13)12(16(17,18)19)7-15(21-14)22-2/h6-9,20H,3-5H2,1-2H3. The Morgan fingerprint density at radius 3 is 2.73 bits per heavy atom. The van der Waals surface area contributed by atoms with Crippen LogP contribution in [0.15, 0.2) is 23.2 Å². The zero-order valence-electron chi connectivity index (χ0n) is 12.4. The van der Waals surface area contributed by atoms with Crippen molar-refractivity contribution < 1.29 is 13.2 Å². The smallest absolute Gasteiger partial charge is 0.385 e. The van der Waals surface area contributed by atoms with Gasteiger partial charge in [0, 0.05) is 17.6 Å². The molecule has 0 spiro atoms. The van der Waals surface area contributed by atoms with Crippen molar-refractivity contribution in [3.63, 3.8) is 0 Å². The Kier molecular flexibility index (Phi) is 3.97. The van der Waals surface area contributed by atoms with Crippen LogP contribution in [-0.2, 0) is 6.18 Å². The van der Waals surface area contributed by atoms with Crippen LogP contribution in [0.2, 0.25) is 0 Å². The Labute approximate surface area is 131 Å². The highest BCUT2D eigenvalue weighted by Gasteiger charge is 2.34. The molecular formula is C16H17F3N2S. The molecule has 1 aliphatic heterocycles. The summed E-state index contributed by atoms with van der Waals surface area (Å²) >= 11 is 1.22. The van der Waals surface area contributed by atoms with Crippen LogP contribution >= 0.6 is 11.8 Å². The molecular weight excluding hydrogens is 309 g/mol. The van der Waals surface area contributed by atoms with Crippen LogP contribution in [0.1, 0.15) is 36.8 Å². The Morgan fingerprint density at radius 1 is 1.32 bits per heavy atom. The summed E-state index contributed by atoms with van der Waals surface area (Å²) < 4.78 is 40.2. The van der Waals surface area contributed by atoms with Gasteiger partial charge in [-0.3, -0.25) is 0 Å². The van der Waals surface area contributed by atoms with Crippen molar-refractivity contribution in [1.82, 2.24) is 4.98 Å². The zero-order valence-corrected chi connectivity index (χ0v) is 13.2. The van der Waals surface area contributed by atoms with Crippen molar-refractivity contribution in [2.45, 2.75) is 36.9 Å². The predicted octanol–water partition coefficient (Wildman–Crippen LogP) is 5.28. The molecule has 0 radical (unpaired) electrons. The summed E-state index contributed by atoms with van der Waals surface area (Å²) in [6, 6.07) is 4.60. The van der Waals surface area contributed by atoms with E-state index >= 15 is 0 Å². The fourth-order valence-corrected chi connectivity index (χ4v) is 3.48. The third-order valence-corrected chi connectivity index (χ3v) is 4.84. The van der Waals surface area contributed by atoms with Crippen LogP contribution < -0.4 is 5.32 Å². The molecule has 2 nitrogen and oxygen atoms in total. The van der Waals surface area contributed by atoms with Gasteiger partial charge in [0.1, 0.15) is 0 Å². The minimum Gasteiger partial charge on any atom is -0.385 e. The molecule has 6 heteroatoms. The lowest BCUT2D eigenvalue weighted by Gasteiger charge is -2.27. The van der Waals surface area contributed by atoms with E-state index < -0.39 is 11.7 Å². The van der Waals surface area contributed by atoms with Crippen LogP contribution in [0.3, 0.4) is 0 Å². The molecule has 0 aliphatic carbocycles. The van der Waals surface area contributed by atoms with Crippen LogP contribution in [0.25, 0.3) is 10.9 Å². The van der Waals surface area contributed by atoms with Crippen molar-refractivity contribution in [2.75, 3.05) is 18.1 Å². The summed E-state index contributed by atoms with van der Waals surface area (Å²) in [5, 5.41) is 3.88. The van der Waals surface area contributed by atoms with E-state index in [1.165, 1.54) is 11.8 Å². The second-order valence-electron chi connectivity index (χ2n) is 5.49. The molecule has 1 atom stereocenters. The van der Waals surface area contributed by atoms with Gasteiger partial charge in [-0.05, 0) is 48.8 Å². The Bertz CT molecular complexity index is 713. The lowest BCUT2D eigenvalue weighted by Crippen LogP contribution is -2.17. The van der Waals surface area contributed by atoms with Crippen molar-refractivity contribution in [3.8, 4) is 0 Å². The summed E-state index contributed by atoms with van der Waals surface area (Å²) in [5.41, 5.74) is 1.71. The van der Waals surface area contributed by atoms with E-state index in [-0.39, 0.29) is 5.39 Å². The molecule has 1 aliphatic rings. The molecule has 0 saturated carbocycles. The average Bonchev–Trinajstić information content (AvgIpc) is 2.50. The van der Waals surface area contributed by atoms with Crippen LogP contribution in [-0.4, -0.2) is 17.8 Å². The number of aromatic nitrogens is 1. The molecule has 1 aromatic heterocycles. The highest BCUT2D eigenvalue weighted by Crippen LogP contribution is 2.41. The van der Waals surface area contributed by atoms with Crippen LogP contribution in [0.5, 0.6) is 0 Å². The van der Waals surface area contributed by atoms with E-state index in [1.807, 2.05) is 0 Å². The number of nitrogens with zero attached hydrogens (tertiary/aromatic N) is 1. The lowest BCUT2D eigenvalue weighted by molar-refractivity contribution is -0.136. The molecule has 3 rings (SSSR count). The fourth-order valence-electron chi connectivity index (χ4n) is 3.06. The van der Waals surface area contributed by atoms with Gasteiger partial charge < -0.3 is 5.32 Å². The molecule has 0 amide bonds. The van der Waals surface area contributed by atoms with E-state index in [0.29, 0.717) is 16.5 Å². The summed E-state index contributed by atoms with van der Waals surface area (Å²) in [6.45, 7) is 2.93. The minimum absolute atomic E-state index is 0.200. The number of anilines is 1. The number of hydrogen-bond acceptors (Lipinski definition) is 3. The van der Waals surface area contributed by atoms with E-state index in [9.17, 15) is 13.2 Å². The van der Waals surface area contributed by atoms with Gasteiger partial charge in [0.2, 0.25) is 0 Å². The summed E-state index contributed by atoms with van der Waals surface area (Å²) in [6.07, 6.45) is -0.758. The highest BCUT2D eigenvalue weighted by molar-refractivity contribution is 7.98. The highest BCUT2D eigenvalue weighted by atomic mass is 32.2. The van der Waals surface area contributed by atoms with Crippen molar-refractivity contribution in [3.05, 3.63) is 29.3 Å². The number of nitrogens with one attached hydrogen (secondary N) is 1. The number of halogens is 3. The number of hydrogen-bond donors (Lipinski definition) is 1. The van der Waals surface area contributed by atoms with Gasteiger partial charge in [-0.15, -0.1) is 11.8 Å². The van der Waals surface area contributed by atoms with Crippen LogP contribution in [0.4, 0.5) is 18.9 Å². The number of thioether (sulfide) groups is 1. The van der Waals surface area contributed by atoms with Gasteiger partial charge in [-0.25, -0.2) is 4.98 Å². The first-order valence-electron chi connectivity index (χ1n) is 7.27. The monoisotopic (exact) mass is 326 g/mol. The van der Waals surface area contributed by atoms with Crippen LogP contribution in [0, 0.1) is 0 Å². The molecule has 0 fully saturated rings. The first-order chi connectivity index (χ1) is 10.4. The predicted molar refractivity (Wildman–Crippen MR) is 84.7 cm³/mol. The number of pyridine rings is 1. The van der Waals surface area contributed by atoms with E-state index in [2.05, 4.69) is 17.2 Å². The quantitative estimate of drug-likeness (QED) is 0.760. The molecule has 2 aromatic rings. The molecule has 0 saturated heterocycles. The van der Waals surface area contributed by atoms with E-state index in [4.69, 9.17) is 0 Å². The van der Waals surface area contributed by atoms with Gasteiger partial charge in [0.05, 0.1) is 16.1 Å². The van der Waals surface area contributed by atoms with Gasteiger partial charge >= 0.3 is 6.18 Å². The Morgan fingerprint density at radius 2 is 2.09 bits per heavy atom. The normalized spacial score (nSPS) is 18.1. The molecule has 1 N–H and O–H groups in total. The maximum Gasteiger partial charge on any atom is 0.417 e. The topological polar surface area (TPSA) is 24.9 Å². The Hall–Kier alpha value is -1.43. The maximum atomic E-state index is 13.4.